The monoisotopic (exact) mass is 394 g/mol. The molecule has 27 heavy (non-hydrogen) atoms. The lowest BCUT2D eigenvalue weighted by Gasteiger charge is -2.31. The first-order valence-electron chi connectivity index (χ1n) is 9.37. The van der Waals surface area contributed by atoms with Crippen molar-refractivity contribution < 1.29 is 23.1 Å². The first-order chi connectivity index (χ1) is 12.8. The highest BCUT2D eigenvalue weighted by Crippen LogP contribution is 2.28. The van der Waals surface area contributed by atoms with Crippen LogP contribution in [-0.2, 0) is 19.6 Å². The summed E-state index contributed by atoms with van der Waals surface area (Å²) in [5, 5.41) is 12.0. The van der Waals surface area contributed by atoms with Crippen LogP contribution in [0.25, 0.3) is 0 Å². The first-order valence-corrected chi connectivity index (χ1v) is 10.8. The summed E-state index contributed by atoms with van der Waals surface area (Å²) in [6.45, 7) is 2.47. The normalized spacial score (nSPS) is 26.6. The summed E-state index contributed by atoms with van der Waals surface area (Å²) in [7, 11) is -3.62. The number of hydrogen-bond acceptors (Lipinski definition) is 4. The molecule has 1 aromatic carbocycles. The molecule has 3 rings (SSSR count). The Morgan fingerprint density at radius 1 is 1.11 bits per heavy atom. The van der Waals surface area contributed by atoms with E-state index < -0.39 is 27.8 Å². The van der Waals surface area contributed by atoms with Gasteiger partial charge in [-0.05, 0) is 51.2 Å². The number of piperidine rings is 1. The fourth-order valence-electron chi connectivity index (χ4n) is 3.89. The molecule has 1 unspecified atom stereocenters. The molecule has 1 aliphatic carbocycles. The number of carboxylic acids is 1. The van der Waals surface area contributed by atoms with Crippen molar-refractivity contribution in [1.29, 1.82) is 0 Å². The number of carboxylic acid groups (broad SMARTS) is 1. The molecule has 148 valence electrons. The molecule has 1 heterocycles. The Labute approximate surface area is 159 Å². The minimum Gasteiger partial charge on any atom is -0.481 e. The van der Waals surface area contributed by atoms with Gasteiger partial charge in [0.2, 0.25) is 15.9 Å². The number of carbonyl (C=O) groups is 2. The van der Waals surface area contributed by atoms with Crippen molar-refractivity contribution in [3.05, 3.63) is 29.8 Å². The van der Waals surface area contributed by atoms with Crippen molar-refractivity contribution in [1.82, 2.24) is 9.62 Å². The fourth-order valence-corrected chi connectivity index (χ4v) is 5.41. The number of aliphatic carboxylic acids is 1. The van der Waals surface area contributed by atoms with Crippen molar-refractivity contribution in [2.45, 2.75) is 50.0 Å². The molecule has 1 amide bonds. The number of sulfonamides is 1. The van der Waals surface area contributed by atoms with Crippen LogP contribution in [0.2, 0.25) is 0 Å². The Morgan fingerprint density at radius 2 is 1.81 bits per heavy atom. The van der Waals surface area contributed by atoms with Crippen LogP contribution in [0, 0.1) is 18.8 Å². The minimum atomic E-state index is -3.62. The second-order valence-corrected chi connectivity index (χ2v) is 9.51. The van der Waals surface area contributed by atoms with Crippen molar-refractivity contribution in [3.8, 4) is 0 Å². The topological polar surface area (TPSA) is 104 Å². The minimum absolute atomic E-state index is 0.136. The second kappa shape index (κ2) is 7.98. The maximum absolute atomic E-state index is 12.9. The van der Waals surface area contributed by atoms with Crippen LogP contribution < -0.4 is 5.32 Å². The molecule has 2 aliphatic rings. The molecule has 3 atom stereocenters. The highest BCUT2D eigenvalue weighted by molar-refractivity contribution is 7.89. The van der Waals surface area contributed by atoms with Gasteiger partial charge < -0.3 is 10.4 Å². The van der Waals surface area contributed by atoms with Crippen LogP contribution in [0.1, 0.15) is 37.7 Å². The lowest BCUT2D eigenvalue weighted by atomic mass is 9.98. The summed E-state index contributed by atoms with van der Waals surface area (Å²) in [6, 6.07) is 6.58. The average molecular weight is 394 g/mol. The van der Waals surface area contributed by atoms with Crippen LogP contribution in [0.5, 0.6) is 0 Å². The molecule has 0 aromatic heterocycles. The Bertz CT molecular complexity index is 806. The Balaban J connectivity index is 1.63. The van der Waals surface area contributed by atoms with E-state index in [2.05, 4.69) is 5.32 Å². The van der Waals surface area contributed by atoms with E-state index in [1.54, 1.807) is 24.3 Å². The van der Waals surface area contributed by atoms with Crippen molar-refractivity contribution in [2.24, 2.45) is 11.8 Å². The maximum Gasteiger partial charge on any atom is 0.306 e. The summed E-state index contributed by atoms with van der Waals surface area (Å²) in [6.07, 6.45) is 2.94. The molecular formula is C19H26N2O5S. The molecule has 1 aromatic rings. The van der Waals surface area contributed by atoms with E-state index in [1.165, 1.54) is 4.31 Å². The highest BCUT2D eigenvalue weighted by atomic mass is 32.2. The zero-order valence-corrected chi connectivity index (χ0v) is 16.2. The fraction of sp³-hybridized carbons (Fsp3) is 0.579. The third-order valence-electron chi connectivity index (χ3n) is 5.54. The summed E-state index contributed by atoms with van der Waals surface area (Å²) < 4.78 is 27.1. The molecule has 0 bridgehead atoms. The van der Waals surface area contributed by atoms with E-state index in [0.717, 1.165) is 5.56 Å². The molecule has 2 N–H and O–H groups in total. The maximum atomic E-state index is 12.9. The molecule has 2 fully saturated rings. The van der Waals surface area contributed by atoms with Gasteiger partial charge in [0.05, 0.1) is 16.7 Å². The molecule has 1 saturated heterocycles. The summed E-state index contributed by atoms with van der Waals surface area (Å²) in [5.41, 5.74) is 0.987. The average Bonchev–Trinajstić information content (AvgIpc) is 3.11. The quantitative estimate of drug-likeness (QED) is 0.792. The standard InChI is InChI=1S/C19H26N2O5S/c1-13-4-8-17(9-5-13)27(25,26)21-10-2-3-15(12-21)18(22)20-16-7-6-14(11-16)19(23)24/h4-5,8-9,14-16H,2-3,6-7,10-12H2,1H3,(H,20,22)(H,23,24)/t14-,15?,16+/m1/s1. The van der Waals surface area contributed by atoms with Gasteiger partial charge in [-0.15, -0.1) is 0 Å². The van der Waals surface area contributed by atoms with Gasteiger partial charge in [0.25, 0.3) is 0 Å². The molecule has 0 spiro atoms. The van der Waals surface area contributed by atoms with E-state index >= 15 is 0 Å². The van der Waals surface area contributed by atoms with Crippen molar-refractivity contribution in [2.75, 3.05) is 13.1 Å². The summed E-state index contributed by atoms with van der Waals surface area (Å²) in [4.78, 5) is 23.9. The second-order valence-electron chi connectivity index (χ2n) is 7.57. The van der Waals surface area contributed by atoms with Crippen LogP contribution in [0.4, 0.5) is 0 Å². The largest absolute Gasteiger partial charge is 0.481 e. The number of amides is 1. The molecular weight excluding hydrogens is 368 g/mol. The van der Waals surface area contributed by atoms with Gasteiger partial charge in [-0.1, -0.05) is 17.7 Å². The van der Waals surface area contributed by atoms with E-state index in [1.807, 2.05) is 6.92 Å². The number of carbonyl (C=O) groups excluding carboxylic acids is 1. The zero-order chi connectivity index (χ0) is 19.6. The van der Waals surface area contributed by atoms with Crippen molar-refractivity contribution in [3.63, 3.8) is 0 Å². The van der Waals surface area contributed by atoms with E-state index in [4.69, 9.17) is 5.11 Å². The predicted molar refractivity (Wildman–Crippen MR) is 99.6 cm³/mol. The number of aryl methyl sites for hydroxylation is 1. The third-order valence-corrected chi connectivity index (χ3v) is 7.42. The van der Waals surface area contributed by atoms with Crippen LogP contribution in [-0.4, -0.2) is 48.8 Å². The van der Waals surface area contributed by atoms with Gasteiger partial charge >= 0.3 is 5.97 Å². The highest BCUT2D eigenvalue weighted by Gasteiger charge is 2.36. The lowest BCUT2D eigenvalue weighted by molar-refractivity contribution is -0.141. The lowest BCUT2D eigenvalue weighted by Crippen LogP contribution is -2.47. The van der Waals surface area contributed by atoms with Gasteiger partial charge in [-0.2, -0.15) is 4.31 Å². The number of nitrogens with one attached hydrogen (secondary N) is 1. The number of rotatable bonds is 5. The van der Waals surface area contributed by atoms with Gasteiger partial charge in [0.15, 0.2) is 0 Å². The summed E-state index contributed by atoms with van der Waals surface area (Å²) in [5.74, 6) is -1.79. The van der Waals surface area contributed by atoms with Crippen molar-refractivity contribution >= 4 is 21.9 Å². The van der Waals surface area contributed by atoms with Gasteiger partial charge in [-0.25, -0.2) is 8.42 Å². The molecule has 1 saturated carbocycles. The van der Waals surface area contributed by atoms with Gasteiger partial charge in [-0.3, -0.25) is 9.59 Å². The summed E-state index contributed by atoms with van der Waals surface area (Å²) >= 11 is 0. The van der Waals surface area contributed by atoms with E-state index in [0.29, 0.717) is 38.6 Å². The molecule has 8 heteroatoms. The number of nitrogens with zero attached hydrogens (tertiary/aromatic N) is 1. The first kappa shape index (κ1) is 19.8. The van der Waals surface area contributed by atoms with Crippen LogP contribution in [0.3, 0.4) is 0 Å². The third kappa shape index (κ3) is 4.50. The molecule has 7 nitrogen and oxygen atoms in total. The van der Waals surface area contributed by atoms with E-state index in [9.17, 15) is 18.0 Å². The Kier molecular flexibility index (Phi) is 5.86. The van der Waals surface area contributed by atoms with Crippen LogP contribution >= 0.6 is 0 Å². The van der Waals surface area contributed by atoms with Crippen LogP contribution in [0.15, 0.2) is 29.2 Å². The Morgan fingerprint density at radius 3 is 2.44 bits per heavy atom. The number of benzene rings is 1. The van der Waals surface area contributed by atoms with E-state index in [-0.39, 0.29) is 23.4 Å². The van der Waals surface area contributed by atoms with Gasteiger partial charge in [0, 0.05) is 19.1 Å². The number of hydrogen-bond donors (Lipinski definition) is 2. The zero-order valence-electron chi connectivity index (χ0n) is 15.4. The molecule has 1 aliphatic heterocycles. The molecule has 0 radical (unpaired) electrons. The van der Waals surface area contributed by atoms with Gasteiger partial charge in [0.1, 0.15) is 0 Å². The SMILES string of the molecule is Cc1ccc(S(=O)(=O)N2CCCC(C(=O)N[C@H]3CC[C@@H](C(=O)O)C3)C2)cc1. The predicted octanol–water partition coefficient (Wildman–Crippen LogP) is 1.77. The smallest absolute Gasteiger partial charge is 0.306 e. The Hall–Kier alpha value is -1.93.